The molecule has 0 radical (unpaired) electrons. The lowest BCUT2D eigenvalue weighted by Gasteiger charge is -2.26. The summed E-state index contributed by atoms with van der Waals surface area (Å²) in [6, 6.07) is 1.48. The number of esters is 1. The number of carbonyl (C=O) groups excluding carboxylic acids is 2. The predicted octanol–water partition coefficient (Wildman–Crippen LogP) is 2.22. The summed E-state index contributed by atoms with van der Waals surface area (Å²) in [4.78, 5) is 23.1. The van der Waals surface area contributed by atoms with Crippen LogP contribution in [0, 0.1) is 5.41 Å². The lowest BCUT2D eigenvalue weighted by Crippen LogP contribution is -2.25. The maximum Gasteiger partial charge on any atom is 0.373 e. The molecule has 0 amide bonds. The average molecular weight is 222 g/mol. The summed E-state index contributed by atoms with van der Waals surface area (Å²) >= 11 is 0. The number of methoxy groups -OCH3 is 1. The van der Waals surface area contributed by atoms with E-state index in [1.54, 1.807) is 0 Å². The molecule has 4 heteroatoms. The van der Waals surface area contributed by atoms with E-state index < -0.39 is 5.97 Å². The van der Waals surface area contributed by atoms with Crippen molar-refractivity contribution >= 4 is 11.8 Å². The number of ether oxygens (including phenoxy) is 1. The van der Waals surface area contributed by atoms with Crippen LogP contribution in [0.3, 0.4) is 0 Å². The fourth-order valence-electron chi connectivity index (χ4n) is 2.02. The minimum atomic E-state index is -0.542. The largest absolute Gasteiger partial charge is 0.463 e. The summed E-state index contributed by atoms with van der Waals surface area (Å²) in [5.74, 6) is 0.199. The molecule has 1 aromatic heterocycles. The second-order valence-electron chi connectivity index (χ2n) is 4.88. The van der Waals surface area contributed by atoms with Gasteiger partial charge in [0.15, 0.2) is 5.78 Å². The van der Waals surface area contributed by atoms with Crippen molar-refractivity contribution in [2.45, 2.75) is 26.7 Å². The Morgan fingerprint density at radius 1 is 1.44 bits per heavy atom. The number of hydrogen-bond donors (Lipinski definition) is 0. The topological polar surface area (TPSA) is 56.5 Å². The standard InChI is InChI=1S/C12H14O4/c1-12(2)5-8(13)7-4-9(11(14)15-3)16-10(7)6-12/h4H,5-6H2,1-3H3. The molecule has 0 saturated heterocycles. The second kappa shape index (κ2) is 3.47. The molecular formula is C12H14O4. The third-order valence-electron chi connectivity index (χ3n) is 2.77. The van der Waals surface area contributed by atoms with Crippen LogP contribution in [0.1, 0.15) is 46.9 Å². The van der Waals surface area contributed by atoms with Gasteiger partial charge in [-0.25, -0.2) is 4.79 Å². The van der Waals surface area contributed by atoms with Crippen molar-refractivity contribution < 1.29 is 18.7 Å². The predicted molar refractivity (Wildman–Crippen MR) is 56.5 cm³/mol. The van der Waals surface area contributed by atoms with Gasteiger partial charge in [0.2, 0.25) is 5.76 Å². The molecule has 0 unspecified atom stereocenters. The molecule has 0 atom stereocenters. The van der Waals surface area contributed by atoms with Crippen molar-refractivity contribution in [2.75, 3.05) is 7.11 Å². The normalized spacial score (nSPS) is 18.1. The first-order valence-electron chi connectivity index (χ1n) is 5.17. The van der Waals surface area contributed by atoms with E-state index in [1.165, 1.54) is 13.2 Å². The fraction of sp³-hybridized carbons (Fsp3) is 0.500. The number of Topliss-reactive ketones (excluding diaryl/α,β-unsaturated/α-hetero) is 1. The van der Waals surface area contributed by atoms with E-state index in [9.17, 15) is 9.59 Å². The van der Waals surface area contributed by atoms with E-state index in [0.29, 0.717) is 24.2 Å². The highest BCUT2D eigenvalue weighted by Crippen LogP contribution is 2.36. The van der Waals surface area contributed by atoms with E-state index in [2.05, 4.69) is 4.74 Å². The van der Waals surface area contributed by atoms with Crippen LogP contribution in [0.15, 0.2) is 10.5 Å². The van der Waals surface area contributed by atoms with Gasteiger partial charge in [-0.05, 0) is 5.41 Å². The fourth-order valence-corrected chi connectivity index (χ4v) is 2.02. The van der Waals surface area contributed by atoms with E-state index in [4.69, 9.17) is 4.42 Å². The highest BCUT2D eigenvalue weighted by molar-refractivity contribution is 6.00. The number of hydrogen-bond acceptors (Lipinski definition) is 4. The molecule has 16 heavy (non-hydrogen) atoms. The Bertz CT molecular complexity index is 454. The molecule has 0 fully saturated rings. The molecule has 0 spiro atoms. The van der Waals surface area contributed by atoms with Crippen molar-refractivity contribution in [1.82, 2.24) is 0 Å². The Morgan fingerprint density at radius 2 is 2.12 bits per heavy atom. The van der Waals surface area contributed by atoms with Crippen LogP contribution in [0.4, 0.5) is 0 Å². The lowest BCUT2D eigenvalue weighted by molar-refractivity contribution is 0.0560. The first-order valence-corrected chi connectivity index (χ1v) is 5.17. The summed E-state index contributed by atoms with van der Waals surface area (Å²) in [7, 11) is 1.29. The third kappa shape index (κ3) is 1.75. The Hall–Kier alpha value is -1.58. The first kappa shape index (κ1) is 10.9. The maximum absolute atomic E-state index is 11.8. The van der Waals surface area contributed by atoms with Gasteiger partial charge in [-0.2, -0.15) is 0 Å². The number of furan rings is 1. The molecule has 1 aromatic rings. The average Bonchev–Trinajstić information content (AvgIpc) is 2.58. The zero-order valence-electron chi connectivity index (χ0n) is 9.62. The molecule has 0 saturated carbocycles. The maximum atomic E-state index is 11.8. The molecule has 1 aliphatic rings. The quantitative estimate of drug-likeness (QED) is 0.683. The SMILES string of the molecule is COC(=O)c1cc2c(o1)CC(C)(C)CC2=O. The summed E-state index contributed by atoms with van der Waals surface area (Å²) in [5.41, 5.74) is 0.426. The monoisotopic (exact) mass is 222 g/mol. The van der Waals surface area contributed by atoms with E-state index in [0.717, 1.165) is 0 Å². The van der Waals surface area contributed by atoms with Crippen LogP contribution < -0.4 is 0 Å². The Balaban J connectivity index is 2.41. The van der Waals surface area contributed by atoms with Gasteiger partial charge in [0.05, 0.1) is 12.7 Å². The van der Waals surface area contributed by atoms with Crippen LogP contribution in [-0.2, 0) is 11.2 Å². The van der Waals surface area contributed by atoms with Crippen LogP contribution in [0.5, 0.6) is 0 Å². The number of ketones is 1. The Kier molecular flexibility index (Phi) is 2.37. The van der Waals surface area contributed by atoms with Gasteiger partial charge in [0.25, 0.3) is 0 Å². The second-order valence-corrected chi connectivity index (χ2v) is 4.88. The van der Waals surface area contributed by atoms with Crippen LogP contribution in [0.25, 0.3) is 0 Å². The molecule has 0 aliphatic heterocycles. The molecule has 1 heterocycles. The van der Waals surface area contributed by atoms with Crippen molar-refractivity contribution in [3.63, 3.8) is 0 Å². The molecule has 0 N–H and O–H groups in total. The molecule has 0 bridgehead atoms. The molecule has 2 rings (SSSR count). The zero-order valence-corrected chi connectivity index (χ0v) is 9.62. The van der Waals surface area contributed by atoms with Crippen LogP contribution in [-0.4, -0.2) is 18.9 Å². The van der Waals surface area contributed by atoms with Crippen molar-refractivity contribution in [2.24, 2.45) is 5.41 Å². The van der Waals surface area contributed by atoms with Crippen molar-refractivity contribution in [1.29, 1.82) is 0 Å². The molecule has 1 aliphatic carbocycles. The van der Waals surface area contributed by atoms with E-state index in [-0.39, 0.29) is 17.0 Å². The first-order chi connectivity index (χ1) is 7.43. The van der Waals surface area contributed by atoms with Gasteiger partial charge in [0.1, 0.15) is 5.76 Å². The minimum Gasteiger partial charge on any atom is -0.463 e. The summed E-state index contributed by atoms with van der Waals surface area (Å²) in [6.07, 6.45) is 1.16. The van der Waals surface area contributed by atoms with Gasteiger partial charge < -0.3 is 9.15 Å². The van der Waals surface area contributed by atoms with Crippen LogP contribution >= 0.6 is 0 Å². The molecular weight excluding hydrogens is 208 g/mol. The van der Waals surface area contributed by atoms with Gasteiger partial charge >= 0.3 is 5.97 Å². The Labute approximate surface area is 93.6 Å². The Morgan fingerprint density at radius 3 is 2.75 bits per heavy atom. The third-order valence-corrected chi connectivity index (χ3v) is 2.77. The zero-order chi connectivity index (χ0) is 11.9. The number of rotatable bonds is 1. The molecule has 0 aromatic carbocycles. The highest BCUT2D eigenvalue weighted by atomic mass is 16.5. The molecule has 4 nitrogen and oxygen atoms in total. The summed E-state index contributed by atoms with van der Waals surface area (Å²) in [6.45, 7) is 4.02. The number of fused-ring (bicyclic) bond motifs is 1. The van der Waals surface area contributed by atoms with Crippen molar-refractivity contribution in [3.05, 3.63) is 23.2 Å². The lowest BCUT2D eigenvalue weighted by atomic mass is 9.77. The van der Waals surface area contributed by atoms with Gasteiger partial charge in [-0.15, -0.1) is 0 Å². The van der Waals surface area contributed by atoms with Crippen molar-refractivity contribution in [3.8, 4) is 0 Å². The smallest absolute Gasteiger partial charge is 0.373 e. The van der Waals surface area contributed by atoms with Gasteiger partial charge in [-0.1, -0.05) is 13.8 Å². The summed E-state index contributed by atoms with van der Waals surface area (Å²) < 4.78 is 9.93. The highest BCUT2D eigenvalue weighted by Gasteiger charge is 2.34. The van der Waals surface area contributed by atoms with E-state index >= 15 is 0 Å². The van der Waals surface area contributed by atoms with Crippen LogP contribution in [0.2, 0.25) is 0 Å². The van der Waals surface area contributed by atoms with E-state index in [1.807, 2.05) is 13.8 Å². The van der Waals surface area contributed by atoms with Gasteiger partial charge in [-0.3, -0.25) is 4.79 Å². The van der Waals surface area contributed by atoms with Gasteiger partial charge in [0, 0.05) is 18.9 Å². The number of carbonyl (C=O) groups is 2. The minimum absolute atomic E-state index is 0.0325. The summed E-state index contributed by atoms with van der Waals surface area (Å²) in [5, 5.41) is 0. The molecule has 86 valence electrons.